The molecule has 0 aliphatic heterocycles. The molecule has 0 radical (unpaired) electrons. The lowest BCUT2D eigenvalue weighted by molar-refractivity contribution is -0.115. The Labute approximate surface area is 129 Å². The summed E-state index contributed by atoms with van der Waals surface area (Å²) in [6.07, 6.45) is 2.44. The first-order chi connectivity index (χ1) is 10.6. The third-order valence-corrected chi connectivity index (χ3v) is 3.93. The van der Waals surface area contributed by atoms with Gasteiger partial charge in [-0.2, -0.15) is 0 Å². The van der Waals surface area contributed by atoms with Crippen LogP contribution in [0.2, 0.25) is 0 Å². The Kier molecular flexibility index (Phi) is 3.96. The van der Waals surface area contributed by atoms with Crippen LogP contribution < -0.4 is 4.74 Å². The Balaban J connectivity index is 1.86. The summed E-state index contributed by atoms with van der Waals surface area (Å²) in [5.74, 6) is 1.55. The molecule has 1 N–H and O–H groups in total. The molecule has 3 heteroatoms. The van der Waals surface area contributed by atoms with Gasteiger partial charge < -0.3 is 9.84 Å². The summed E-state index contributed by atoms with van der Waals surface area (Å²) in [4.78, 5) is 11.3. The fraction of sp³-hybridized carbons (Fsp3) is 0.211. The minimum atomic E-state index is -0.127. The van der Waals surface area contributed by atoms with Crippen molar-refractivity contribution in [1.29, 1.82) is 0 Å². The first-order valence-corrected chi connectivity index (χ1v) is 7.40. The standard InChI is InChI=1S/C19H18O3/c1-13-5-2-3-8-19(13)22-16-7-4-6-14(11-16)17-10-9-15(20)12-18(17)21/h2-8,11-12,17,21H,9-10H2,1H3/t17-/m0/s1. The molecule has 2 aromatic carbocycles. The average Bonchev–Trinajstić information content (AvgIpc) is 2.50. The number of carbonyl (C=O) groups is 1. The highest BCUT2D eigenvalue weighted by atomic mass is 16.5. The van der Waals surface area contributed by atoms with Crippen molar-refractivity contribution in [3.8, 4) is 11.5 Å². The zero-order chi connectivity index (χ0) is 15.5. The highest BCUT2D eigenvalue weighted by Gasteiger charge is 2.23. The van der Waals surface area contributed by atoms with Crippen LogP contribution in [0.25, 0.3) is 0 Å². The van der Waals surface area contributed by atoms with E-state index in [2.05, 4.69) is 0 Å². The fourth-order valence-corrected chi connectivity index (χ4v) is 2.70. The molecular weight excluding hydrogens is 276 g/mol. The van der Waals surface area contributed by atoms with E-state index in [-0.39, 0.29) is 17.5 Å². The van der Waals surface area contributed by atoms with E-state index in [1.165, 1.54) is 6.08 Å². The SMILES string of the molecule is Cc1ccccc1Oc1cccc([C@@H]2CCC(=O)C=C2O)c1. The number of aryl methyl sites for hydroxylation is 1. The lowest BCUT2D eigenvalue weighted by Crippen LogP contribution is -2.12. The summed E-state index contributed by atoms with van der Waals surface area (Å²) in [5, 5.41) is 10.0. The number of carbonyl (C=O) groups excluding carboxylic acids is 1. The average molecular weight is 294 g/mol. The van der Waals surface area contributed by atoms with Crippen LogP contribution in [0.5, 0.6) is 11.5 Å². The van der Waals surface area contributed by atoms with Crippen LogP contribution in [0.15, 0.2) is 60.4 Å². The maximum Gasteiger partial charge on any atom is 0.159 e. The maximum atomic E-state index is 11.3. The van der Waals surface area contributed by atoms with Crippen molar-refractivity contribution < 1.29 is 14.6 Å². The Morgan fingerprint density at radius 2 is 1.95 bits per heavy atom. The van der Waals surface area contributed by atoms with Crippen LogP contribution in [-0.4, -0.2) is 10.9 Å². The number of rotatable bonds is 3. The first kappa shape index (κ1) is 14.4. The van der Waals surface area contributed by atoms with Crippen LogP contribution in [-0.2, 0) is 4.79 Å². The van der Waals surface area contributed by atoms with Crippen molar-refractivity contribution >= 4 is 5.78 Å². The van der Waals surface area contributed by atoms with Gasteiger partial charge >= 0.3 is 0 Å². The number of aliphatic hydroxyl groups is 1. The molecule has 0 spiro atoms. The molecular formula is C19H18O3. The summed E-state index contributed by atoms with van der Waals surface area (Å²) in [5.41, 5.74) is 2.03. The number of para-hydroxylation sites is 1. The zero-order valence-electron chi connectivity index (χ0n) is 12.5. The minimum Gasteiger partial charge on any atom is -0.512 e. The Morgan fingerprint density at radius 1 is 1.14 bits per heavy atom. The van der Waals surface area contributed by atoms with Crippen molar-refractivity contribution in [2.45, 2.75) is 25.7 Å². The van der Waals surface area contributed by atoms with E-state index in [1.807, 2.05) is 55.5 Å². The molecule has 2 aromatic rings. The first-order valence-electron chi connectivity index (χ1n) is 7.40. The van der Waals surface area contributed by atoms with Gasteiger partial charge in [0.1, 0.15) is 17.3 Å². The van der Waals surface area contributed by atoms with Gasteiger partial charge in [0.25, 0.3) is 0 Å². The Morgan fingerprint density at radius 3 is 2.73 bits per heavy atom. The van der Waals surface area contributed by atoms with Crippen LogP contribution in [0.4, 0.5) is 0 Å². The van der Waals surface area contributed by atoms with E-state index in [9.17, 15) is 9.90 Å². The number of aliphatic hydroxyl groups excluding tert-OH is 1. The molecule has 0 aromatic heterocycles. The molecule has 112 valence electrons. The van der Waals surface area contributed by atoms with Crippen molar-refractivity contribution in [3.63, 3.8) is 0 Å². The van der Waals surface area contributed by atoms with Gasteiger partial charge in [0, 0.05) is 18.4 Å². The van der Waals surface area contributed by atoms with Gasteiger partial charge in [-0.1, -0.05) is 30.3 Å². The lowest BCUT2D eigenvalue weighted by Gasteiger charge is -2.20. The summed E-state index contributed by atoms with van der Waals surface area (Å²) < 4.78 is 5.93. The quantitative estimate of drug-likeness (QED) is 0.894. The van der Waals surface area contributed by atoms with Crippen LogP contribution in [0.1, 0.15) is 29.9 Å². The topological polar surface area (TPSA) is 46.5 Å². The lowest BCUT2D eigenvalue weighted by atomic mass is 9.87. The second kappa shape index (κ2) is 6.06. The summed E-state index contributed by atoms with van der Waals surface area (Å²) in [6.45, 7) is 2.00. The van der Waals surface area contributed by atoms with E-state index in [4.69, 9.17) is 4.74 Å². The predicted octanol–water partition coefficient (Wildman–Crippen LogP) is 4.68. The molecule has 1 aliphatic carbocycles. The molecule has 0 fully saturated rings. The molecule has 1 atom stereocenters. The highest BCUT2D eigenvalue weighted by molar-refractivity contribution is 5.91. The number of ketones is 1. The summed E-state index contributed by atoms with van der Waals surface area (Å²) in [7, 11) is 0. The minimum absolute atomic E-state index is 0.0129. The Hall–Kier alpha value is -2.55. The highest BCUT2D eigenvalue weighted by Crippen LogP contribution is 2.34. The number of hydrogen-bond acceptors (Lipinski definition) is 3. The molecule has 0 unspecified atom stereocenters. The molecule has 0 heterocycles. The normalized spacial score (nSPS) is 18.0. The molecule has 0 bridgehead atoms. The van der Waals surface area contributed by atoms with E-state index in [0.29, 0.717) is 12.8 Å². The van der Waals surface area contributed by atoms with Gasteiger partial charge in [-0.3, -0.25) is 4.79 Å². The van der Waals surface area contributed by atoms with Gasteiger partial charge in [0.05, 0.1) is 0 Å². The molecule has 0 saturated heterocycles. The molecule has 22 heavy (non-hydrogen) atoms. The maximum absolute atomic E-state index is 11.3. The number of allylic oxidation sites excluding steroid dienone is 2. The van der Waals surface area contributed by atoms with Gasteiger partial charge in [-0.15, -0.1) is 0 Å². The monoisotopic (exact) mass is 294 g/mol. The summed E-state index contributed by atoms with van der Waals surface area (Å²) in [6, 6.07) is 15.5. The van der Waals surface area contributed by atoms with E-state index in [0.717, 1.165) is 22.6 Å². The smallest absolute Gasteiger partial charge is 0.159 e. The number of benzene rings is 2. The largest absolute Gasteiger partial charge is 0.512 e. The van der Waals surface area contributed by atoms with Gasteiger partial charge in [-0.05, 0) is 42.7 Å². The zero-order valence-corrected chi connectivity index (χ0v) is 12.5. The number of ether oxygens (including phenoxy) is 1. The van der Waals surface area contributed by atoms with E-state index < -0.39 is 0 Å². The Bertz CT molecular complexity index is 731. The van der Waals surface area contributed by atoms with Crippen molar-refractivity contribution in [2.75, 3.05) is 0 Å². The third kappa shape index (κ3) is 3.03. The van der Waals surface area contributed by atoms with Crippen molar-refractivity contribution in [2.24, 2.45) is 0 Å². The van der Waals surface area contributed by atoms with E-state index >= 15 is 0 Å². The second-order valence-corrected chi connectivity index (χ2v) is 5.57. The third-order valence-electron chi connectivity index (χ3n) is 3.93. The van der Waals surface area contributed by atoms with Gasteiger partial charge in [-0.25, -0.2) is 0 Å². The van der Waals surface area contributed by atoms with Crippen LogP contribution in [0.3, 0.4) is 0 Å². The van der Waals surface area contributed by atoms with E-state index in [1.54, 1.807) is 0 Å². The molecule has 3 nitrogen and oxygen atoms in total. The molecule has 0 amide bonds. The predicted molar refractivity (Wildman–Crippen MR) is 85.4 cm³/mol. The second-order valence-electron chi connectivity index (χ2n) is 5.57. The molecule has 1 aliphatic rings. The van der Waals surface area contributed by atoms with Gasteiger partial charge in [0.2, 0.25) is 0 Å². The van der Waals surface area contributed by atoms with Crippen LogP contribution in [0, 0.1) is 6.92 Å². The summed E-state index contributed by atoms with van der Waals surface area (Å²) >= 11 is 0. The molecule has 3 rings (SSSR count). The number of hydrogen-bond donors (Lipinski definition) is 1. The fourth-order valence-electron chi connectivity index (χ4n) is 2.70. The van der Waals surface area contributed by atoms with Crippen molar-refractivity contribution in [3.05, 3.63) is 71.5 Å². The van der Waals surface area contributed by atoms with Crippen LogP contribution >= 0.6 is 0 Å². The molecule has 0 saturated carbocycles. The van der Waals surface area contributed by atoms with Gasteiger partial charge in [0.15, 0.2) is 5.78 Å². The van der Waals surface area contributed by atoms with Crippen molar-refractivity contribution in [1.82, 2.24) is 0 Å².